The minimum Gasteiger partial charge on any atom is -0.291 e. The van der Waals surface area contributed by atoms with Gasteiger partial charge in [0.1, 0.15) is 0 Å². The lowest BCUT2D eigenvalue weighted by atomic mass is 9.89. The number of thiophene rings is 1. The van der Waals surface area contributed by atoms with Gasteiger partial charge in [-0.05, 0) is 95.2 Å². The van der Waals surface area contributed by atoms with E-state index in [0.717, 1.165) is 38.8 Å². The number of fused-ring (bicyclic) bond motifs is 17. The molecule has 0 aliphatic rings. The van der Waals surface area contributed by atoms with Gasteiger partial charge in [0, 0.05) is 37.8 Å². The van der Waals surface area contributed by atoms with E-state index in [0.29, 0.717) is 0 Å². The van der Waals surface area contributed by atoms with E-state index in [1.54, 1.807) is 0 Å². The first-order valence-corrected chi connectivity index (χ1v) is 22.0. The maximum Gasteiger partial charge on any atom is 0.156 e. The standard InChI is InChI=1S/C58H33N3S/c1-3-13-39-34(10-1)23-25-48-45(39)29-30-52-55(48)60-58-57-51(49-26-24-35-11-2-4-14-41(35)56(49)62-57)33-53(61(52)58)37-21-19-36(20-22-37)40-27-28-46(43-16-6-5-15-42(40)43)50-32-38-12-9-31-59-54(38)47-18-8-7-17-44(47)50/h1-33H. The van der Waals surface area contributed by atoms with E-state index in [1.165, 1.54) is 96.3 Å². The first-order valence-electron chi connectivity index (χ1n) is 21.1. The van der Waals surface area contributed by atoms with Gasteiger partial charge >= 0.3 is 0 Å². The molecule has 14 aromatic rings. The Hall–Kier alpha value is -7.92. The Morgan fingerprint density at radius 3 is 1.76 bits per heavy atom. The third-order valence-corrected chi connectivity index (χ3v) is 14.5. The highest BCUT2D eigenvalue weighted by molar-refractivity contribution is 7.27. The molecule has 4 aromatic heterocycles. The van der Waals surface area contributed by atoms with Crippen LogP contribution in [0.3, 0.4) is 0 Å². The van der Waals surface area contributed by atoms with Gasteiger partial charge in [-0.3, -0.25) is 9.38 Å². The molecule has 0 aliphatic carbocycles. The van der Waals surface area contributed by atoms with Crippen molar-refractivity contribution in [3.63, 3.8) is 0 Å². The molecule has 3 nitrogen and oxygen atoms in total. The van der Waals surface area contributed by atoms with Crippen molar-refractivity contribution in [3.8, 4) is 33.5 Å². The van der Waals surface area contributed by atoms with Crippen LogP contribution in [-0.2, 0) is 0 Å². The van der Waals surface area contributed by atoms with E-state index >= 15 is 0 Å². The quantitative estimate of drug-likeness (QED) is 0.167. The maximum absolute atomic E-state index is 5.58. The minimum atomic E-state index is 1.00. The van der Waals surface area contributed by atoms with E-state index in [9.17, 15) is 0 Å². The van der Waals surface area contributed by atoms with Crippen molar-refractivity contribution in [1.82, 2.24) is 14.4 Å². The van der Waals surface area contributed by atoms with Crippen LogP contribution in [0.5, 0.6) is 0 Å². The number of imidazole rings is 1. The van der Waals surface area contributed by atoms with Crippen LogP contribution in [0.2, 0.25) is 0 Å². The summed E-state index contributed by atoms with van der Waals surface area (Å²) < 4.78 is 4.93. The van der Waals surface area contributed by atoms with Gasteiger partial charge in [-0.2, -0.15) is 0 Å². The molecule has 4 heterocycles. The Balaban J connectivity index is 0.979. The molecule has 62 heavy (non-hydrogen) atoms. The zero-order chi connectivity index (χ0) is 40.5. The smallest absolute Gasteiger partial charge is 0.156 e. The number of benzene rings is 10. The predicted octanol–water partition coefficient (Wildman–Crippen LogP) is 16.2. The van der Waals surface area contributed by atoms with Crippen molar-refractivity contribution < 1.29 is 0 Å². The summed E-state index contributed by atoms with van der Waals surface area (Å²) in [5.74, 6) is 0. The summed E-state index contributed by atoms with van der Waals surface area (Å²) in [4.78, 5) is 10.3. The molecule has 0 bridgehead atoms. The summed E-state index contributed by atoms with van der Waals surface area (Å²) in [6.45, 7) is 0. The molecule has 0 radical (unpaired) electrons. The van der Waals surface area contributed by atoms with E-state index in [1.807, 2.05) is 23.6 Å². The first-order chi connectivity index (χ1) is 30.7. The van der Waals surface area contributed by atoms with E-state index in [2.05, 4.69) is 192 Å². The number of rotatable bonds is 3. The first kappa shape index (κ1) is 33.9. The predicted molar refractivity (Wildman–Crippen MR) is 265 cm³/mol. The summed E-state index contributed by atoms with van der Waals surface area (Å²) in [7, 11) is 0. The number of hydrogen-bond donors (Lipinski definition) is 0. The lowest BCUT2D eigenvalue weighted by Crippen LogP contribution is -1.93. The van der Waals surface area contributed by atoms with Gasteiger partial charge in [-0.25, -0.2) is 4.98 Å². The number of pyridine rings is 2. The van der Waals surface area contributed by atoms with Crippen molar-refractivity contribution in [1.29, 1.82) is 0 Å². The molecule has 0 N–H and O–H groups in total. The maximum atomic E-state index is 5.58. The van der Waals surface area contributed by atoms with Gasteiger partial charge < -0.3 is 0 Å². The minimum absolute atomic E-state index is 1.00. The molecule has 0 amide bonds. The number of hydrogen-bond acceptors (Lipinski definition) is 3. The number of aromatic nitrogens is 3. The molecule has 0 aliphatic heterocycles. The Kier molecular flexibility index (Phi) is 6.99. The molecule has 0 saturated heterocycles. The van der Waals surface area contributed by atoms with Crippen LogP contribution in [0.4, 0.5) is 0 Å². The largest absolute Gasteiger partial charge is 0.291 e. The SMILES string of the molecule is c1ccc2c(c1)ccc1c2ccc2c1nc1c3sc4c5ccccc5ccc4c3cc(-c3ccc(-c4ccc(-c5cc6cccnc6c6ccccc56)c5ccccc45)cc3)n21. The van der Waals surface area contributed by atoms with Crippen molar-refractivity contribution >= 4 is 113 Å². The summed E-state index contributed by atoms with van der Waals surface area (Å²) in [6.07, 6.45) is 1.89. The zero-order valence-corrected chi connectivity index (χ0v) is 34.1. The average molecular weight is 804 g/mol. The molecule has 0 saturated carbocycles. The highest BCUT2D eigenvalue weighted by atomic mass is 32.1. The summed E-state index contributed by atoms with van der Waals surface area (Å²) in [5.41, 5.74) is 11.3. The zero-order valence-electron chi connectivity index (χ0n) is 33.3. The van der Waals surface area contributed by atoms with Gasteiger partial charge in [0.15, 0.2) is 5.65 Å². The molecule has 14 rings (SSSR count). The Bertz CT molecular complexity index is 4210. The van der Waals surface area contributed by atoms with Crippen LogP contribution in [0, 0.1) is 0 Å². The second-order valence-electron chi connectivity index (χ2n) is 16.5. The van der Waals surface area contributed by atoms with Gasteiger partial charge in [-0.15, -0.1) is 11.3 Å². The second-order valence-corrected chi connectivity index (χ2v) is 17.5. The third-order valence-electron chi connectivity index (χ3n) is 13.2. The monoisotopic (exact) mass is 803 g/mol. The Morgan fingerprint density at radius 1 is 0.355 bits per heavy atom. The van der Waals surface area contributed by atoms with Gasteiger partial charge in [0.25, 0.3) is 0 Å². The molecular weight excluding hydrogens is 771 g/mol. The van der Waals surface area contributed by atoms with Gasteiger partial charge in [0.05, 0.1) is 26.9 Å². The average Bonchev–Trinajstić information content (AvgIpc) is 3.93. The molecular formula is C58H33N3S. The summed E-state index contributed by atoms with van der Waals surface area (Å²) >= 11 is 1.86. The summed E-state index contributed by atoms with van der Waals surface area (Å²) in [5, 5.41) is 15.9. The highest BCUT2D eigenvalue weighted by Gasteiger charge is 2.21. The molecule has 0 unspecified atom stereocenters. The van der Waals surface area contributed by atoms with Crippen molar-refractivity contribution in [2.75, 3.05) is 0 Å². The Morgan fingerprint density at radius 2 is 0.952 bits per heavy atom. The fraction of sp³-hybridized carbons (Fsp3) is 0. The fourth-order valence-electron chi connectivity index (χ4n) is 10.3. The lowest BCUT2D eigenvalue weighted by Gasteiger charge is -2.15. The lowest BCUT2D eigenvalue weighted by molar-refractivity contribution is 1.25. The van der Waals surface area contributed by atoms with Crippen LogP contribution in [-0.4, -0.2) is 14.4 Å². The molecule has 0 spiro atoms. The van der Waals surface area contributed by atoms with Crippen LogP contribution >= 0.6 is 11.3 Å². The highest BCUT2D eigenvalue weighted by Crippen LogP contribution is 2.45. The molecule has 0 atom stereocenters. The van der Waals surface area contributed by atoms with E-state index in [-0.39, 0.29) is 0 Å². The summed E-state index contributed by atoms with van der Waals surface area (Å²) in [6, 6.07) is 71.2. The van der Waals surface area contributed by atoms with Gasteiger partial charge in [0.2, 0.25) is 0 Å². The molecule has 10 aromatic carbocycles. The molecule has 4 heteroatoms. The van der Waals surface area contributed by atoms with E-state index < -0.39 is 0 Å². The van der Waals surface area contributed by atoms with Crippen LogP contribution < -0.4 is 0 Å². The fourth-order valence-corrected chi connectivity index (χ4v) is 11.6. The van der Waals surface area contributed by atoms with Crippen LogP contribution in [0.1, 0.15) is 0 Å². The third kappa shape index (κ3) is 4.75. The normalized spacial score (nSPS) is 12.2. The van der Waals surface area contributed by atoms with Crippen LogP contribution in [0.25, 0.3) is 135 Å². The topological polar surface area (TPSA) is 30.2 Å². The Labute approximate surface area is 359 Å². The molecule has 0 fully saturated rings. The molecule has 286 valence electrons. The van der Waals surface area contributed by atoms with Gasteiger partial charge in [-0.1, -0.05) is 170 Å². The van der Waals surface area contributed by atoms with Crippen LogP contribution in [0.15, 0.2) is 200 Å². The van der Waals surface area contributed by atoms with Crippen molar-refractivity contribution in [2.24, 2.45) is 0 Å². The van der Waals surface area contributed by atoms with E-state index in [4.69, 9.17) is 9.97 Å². The van der Waals surface area contributed by atoms with Crippen molar-refractivity contribution in [2.45, 2.75) is 0 Å². The second kappa shape index (κ2) is 12.8. The van der Waals surface area contributed by atoms with Crippen molar-refractivity contribution in [3.05, 3.63) is 200 Å². The number of nitrogens with zero attached hydrogens (tertiary/aromatic N) is 3.